The summed E-state index contributed by atoms with van der Waals surface area (Å²) < 4.78 is 15.7. The first kappa shape index (κ1) is 17.9. The second-order valence-corrected chi connectivity index (χ2v) is 6.09. The van der Waals surface area contributed by atoms with Crippen molar-refractivity contribution in [1.29, 1.82) is 0 Å². The van der Waals surface area contributed by atoms with E-state index in [1.807, 2.05) is 20.8 Å². The van der Waals surface area contributed by atoms with Crippen molar-refractivity contribution in [3.63, 3.8) is 0 Å². The quantitative estimate of drug-likeness (QED) is 0.760. The number of nitrogens with zero attached hydrogens (tertiary/aromatic N) is 2. The number of anilines is 1. The van der Waals surface area contributed by atoms with Crippen LogP contribution in [-0.2, 0) is 0 Å². The SMILES string of the molecule is Cc1cnn(-c2ccc(NC(=O)NC(CCO)C(C)C)cc2F)c1. The molecule has 0 saturated carbocycles. The van der Waals surface area contributed by atoms with E-state index >= 15 is 0 Å². The van der Waals surface area contributed by atoms with Crippen LogP contribution >= 0.6 is 0 Å². The lowest BCUT2D eigenvalue weighted by Gasteiger charge is -2.21. The average Bonchev–Trinajstić information content (AvgIpc) is 2.93. The smallest absolute Gasteiger partial charge is 0.319 e. The van der Waals surface area contributed by atoms with Crippen molar-refractivity contribution >= 4 is 11.7 Å². The van der Waals surface area contributed by atoms with E-state index in [2.05, 4.69) is 15.7 Å². The van der Waals surface area contributed by atoms with Crippen LogP contribution in [0.4, 0.5) is 14.9 Å². The molecule has 0 aliphatic rings. The third-order valence-corrected chi connectivity index (χ3v) is 3.73. The number of aliphatic hydroxyl groups is 1. The molecule has 130 valence electrons. The molecule has 0 aliphatic carbocycles. The van der Waals surface area contributed by atoms with Gasteiger partial charge in [-0.2, -0.15) is 5.10 Å². The monoisotopic (exact) mass is 334 g/mol. The number of carbonyl (C=O) groups is 1. The Bertz CT molecular complexity index is 700. The summed E-state index contributed by atoms with van der Waals surface area (Å²) >= 11 is 0. The maximum Gasteiger partial charge on any atom is 0.319 e. The number of benzene rings is 1. The van der Waals surface area contributed by atoms with Gasteiger partial charge in [-0.25, -0.2) is 13.9 Å². The third kappa shape index (κ3) is 4.55. The van der Waals surface area contributed by atoms with Gasteiger partial charge in [-0.05, 0) is 43.0 Å². The highest BCUT2D eigenvalue weighted by atomic mass is 19.1. The molecule has 1 atom stereocenters. The molecular weight excluding hydrogens is 311 g/mol. The van der Waals surface area contributed by atoms with Crippen molar-refractivity contribution < 1.29 is 14.3 Å². The zero-order valence-electron chi connectivity index (χ0n) is 14.1. The molecule has 1 aromatic carbocycles. The van der Waals surface area contributed by atoms with Gasteiger partial charge in [0.05, 0.1) is 6.20 Å². The molecule has 0 saturated heterocycles. The fraction of sp³-hybridized carbons (Fsp3) is 0.412. The second kappa shape index (κ2) is 7.92. The molecule has 0 spiro atoms. The lowest BCUT2D eigenvalue weighted by molar-refractivity contribution is 0.227. The summed E-state index contributed by atoms with van der Waals surface area (Å²) in [6, 6.07) is 3.86. The van der Waals surface area contributed by atoms with E-state index in [1.54, 1.807) is 24.5 Å². The van der Waals surface area contributed by atoms with Crippen LogP contribution in [-0.4, -0.2) is 33.6 Å². The molecule has 7 heteroatoms. The van der Waals surface area contributed by atoms with E-state index in [4.69, 9.17) is 5.11 Å². The summed E-state index contributed by atoms with van der Waals surface area (Å²) in [5.41, 5.74) is 1.60. The van der Waals surface area contributed by atoms with Crippen molar-refractivity contribution in [3.05, 3.63) is 42.0 Å². The summed E-state index contributed by atoms with van der Waals surface area (Å²) in [7, 11) is 0. The maximum atomic E-state index is 14.2. The van der Waals surface area contributed by atoms with Gasteiger partial charge in [0, 0.05) is 24.5 Å². The van der Waals surface area contributed by atoms with Crippen molar-refractivity contribution in [2.75, 3.05) is 11.9 Å². The van der Waals surface area contributed by atoms with Crippen LogP contribution in [0, 0.1) is 18.7 Å². The number of aliphatic hydroxyl groups excluding tert-OH is 1. The lowest BCUT2D eigenvalue weighted by atomic mass is 10.0. The molecule has 1 unspecified atom stereocenters. The fourth-order valence-corrected chi connectivity index (χ4v) is 2.36. The van der Waals surface area contributed by atoms with Crippen LogP contribution in [0.2, 0.25) is 0 Å². The average molecular weight is 334 g/mol. The molecule has 24 heavy (non-hydrogen) atoms. The Balaban J connectivity index is 2.05. The van der Waals surface area contributed by atoms with Gasteiger partial charge < -0.3 is 15.7 Å². The number of halogens is 1. The van der Waals surface area contributed by atoms with Gasteiger partial charge in [0.1, 0.15) is 5.69 Å². The molecule has 2 amide bonds. The Labute approximate surface area is 140 Å². The highest BCUT2D eigenvalue weighted by molar-refractivity contribution is 5.89. The summed E-state index contributed by atoms with van der Waals surface area (Å²) in [5, 5.41) is 18.5. The van der Waals surface area contributed by atoms with Crippen molar-refractivity contribution in [2.45, 2.75) is 33.2 Å². The summed E-state index contributed by atoms with van der Waals surface area (Å²) in [6.07, 6.45) is 3.84. The highest BCUT2D eigenvalue weighted by Gasteiger charge is 2.16. The lowest BCUT2D eigenvalue weighted by Crippen LogP contribution is -2.41. The molecule has 1 heterocycles. The van der Waals surface area contributed by atoms with Gasteiger partial charge in [0.2, 0.25) is 0 Å². The van der Waals surface area contributed by atoms with Crippen LogP contribution in [0.5, 0.6) is 0 Å². The Kier molecular flexibility index (Phi) is 5.92. The van der Waals surface area contributed by atoms with Crippen LogP contribution in [0.1, 0.15) is 25.8 Å². The highest BCUT2D eigenvalue weighted by Crippen LogP contribution is 2.18. The summed E-state index contributed by atoms with van der Waals surface area (Å²) in [4.78, 5) is 12.0. The number of rotatable bonds is 6. The van der Waals surface area contributed by atoms with E-state index in [0.717, 1.165) is 5.56 Å². The molecule has 0 fully saturated rings. The Morgan fingerprint density at radius 3 is 2.71 bits per heavy atom. The van der Waals surface area contributed by atoms with Crippen LogP contribution in [0.25, 0.3) is 5.69 Å². The zero-order chi connectivity index (χ0) is 17.7. The maximum absolute atomic E-state index is 14.2. The number of hydrogen-bond donors (Lipinski definition) is 3. The van der Waals surface area contributed by atoms with Crippen molar-refractivity contribution in [1.82, 2.24) is 15.1 Å². The van der Waals surface area contributed by atoms with Gasteiger partial charge in [-0.15, -0.1) is 0 Å². The van der Waals surface area contributed by atoms with Gasteiger partial charge in [0.25, 0.3) is 0 Å². The number of nitrogens with one attached hydrogen (secondary N) is 2. The number of aromatic nitrogens is 2. The van der Waals surface area contributed by atoms with E-state index in [-0.39, 0.29) is 18.6 Å². The van der Waals surface area contributed by atoms with E-state index in [9.17, 15) is 9.18 Å². The molecule has 2 aromatic rings. The number of amides is 2. The summed E-state index contributed by atoms with van der Waals surface area (Å²) in [6.45, 7) is 5.79. The minimum Gasteiger partial charge on any atom is -0.396 e. The molecule has 1 aromatic heterocycles. The first-order chi connectivity index (χ1) is 11.4. The van der Waals surface area contributed by atoms with Crippen molar-refractivity contribution in [3.8, 4) is 5.69 Å². The number of urea groups is 1. The number of carbonyl (C=O) groups excluding carboxylic acids is 1. The minimum atomic E-state index is -0.480. The van der Waals surface area contributed by atoms with E-state index in [1.165, 1.54) is 10.7 Å². The first-order valence-corrected chi connectivity index (χ1v) is 7.90. The standard InChI is InChI=1S/C17H23FN4O2/c1-11(2)15(6-7-23)21-17(24)20-13-4-5-16(14(18)8-13)22-10-12(3)9-19-22/h4-5,8-11,15,23H,6-7H2,1-3H3,(H2,20,21,24). The predicted molar refractivity (Wildman–Crippen MR) is 90.7 cm³/mol. The topological polar surface area (TPSA) is 79.2 Å². The van der Waals surface area contributed by atoms with Gasteiger partial charge in [0.15, 0.2) is 5.82 Å². The van der Waals surface area contributed by atoms with Gasteiger partial charge in [-0.1, -0.05) is 13.8 Å². The molecule has 0 radical (unpaired) electrons. The Morgan fingerprint density at radius 2 is 2.17 bits per heavy atom. The predicted octanol–water partition coefficient (Wildman–Crippen LogP) is 2.85. The molecule has 6 nitrogen and oxygen atoms in total. The second-order valence-electron chi connectivity index (χ2n) is 6.09. The third-order valence-electron chi connectivity index (χ3n) is 3.73. The van der Waals surface area contributed by atoms with Gasteiger partial charge in [-0.3, -0.25) is 0 Å². The van der Waals surface area contributed by atoms with E-state index < -0.39 is 11.8 Å². The molecule has 0 bridgehead atoms. The minimum absolute atomic E-state index is 0.00423. The van der Waals surface area contributed by atoms with Crippen LogP contribution in [0.15, 0.2) is 30.6 Å². The zero-order valence-corrected chi connectivity index (χ0v) is 14.1. The van der Waals surface area contributed by atoms with Gasteiger partial charge >= 0.3 is 6.03 Å². The van der Waals surface area contributed by atoms with Crippen LogP contribution < -0.4 is 10.6 Å². The number of aryl methyl sites for hydroxylation is 1. The molecular formula is C17H23FN4O2. The fourth-order valence-electron chi connectivity index (χ4n) is 2.36. The normalized spacial score (nSPS) is 12.2. The molecule has 0 aliphatic heterocycles. The molecule has 2 rings (SSSR count). The van der Waals surface area contributed by atoms with Crippen molar-refractivity contribution in [2.24, 2.45) is 5.92 Å². The van der Waals surface area contributed by atoms with Crippen LogP contribution in [0.3, 0.4) is 0 Å². The first-order valence-electron chi connectivity index (χ1n) is 7.90. The number of hydrogen-bond acceptors (Lipinski definition) is 3. The molecule has 3 N–H and O–H groups in total. The Morgan fingerprint density at radius 1 is 1.42 bits per heavy atom. The largest absolute Gasteiger partial charge is 0.396 e. The van der Waals surface area contributed by atoms with E-state index in [0.29, 0.717) is 17.8 Å². The summed E-state index contributed by atoms with van der Waals surface area (Å²) in [5.74, 6) is -0.295. The Hall–Kier alpha value is -2.41.